The van der Waals surface area contributed by atoms with Crippen molar-refractivity contribution in [1.29, 1.82) is 0 Å². The number of para-hydroxylation sites is 1. The Kier molecular flexibility index (Phi) is 4.23. The normalized spacial score (nSPS) is 13.6. The highest BCUT2D eigenvalue weighted by Gasteiger charge is 2.29. The Balaban J connectivity index is 2.87. The van der Waals surface area contributed by atoms with Crippen LogP contribution in [0.2, 0.25) is 0 Å². The summed E-state index contributed by atoms with van der Waals surface area (Å²) >= 11 is 0. The molecule has 2 nitrogen and oxygen atoms in total. The van der Waals surface area contributed by atoms with Crippen molar-refractivity contribution >= 4 is 12.4 Å². The van der Waals surface area contributed by atoms with Gasteiger partial charge in [-0.05, 0) is 13.0 Å². The first-order valence-electron chi connectivity index (χ1n) is 4.89. The fourth-order valence-electron chi connectivity index (χ4n) is 1.34. The quantitative estimate of drug-likeness (QED) is 0.725. The summed E-state index contributed by atoms with van der Waals surface area (Å²) in [6.45, 7) is -3.14. The van der Waals surface area contributed by atoms with E-state index < -0.39 is 18.5 Å². The molecular weight excluding hydrogens is 220 g/mol. The van der Waals surface area contributed by atoms with Gasteiger partial charge in [-0.15, -0.1) is 0 Å². The predicted molar refractivity (Wildman–Crippen MR) is 57.1 cm³/mol. The van der Waals surface area contributed by atoms with Crippen molar-refractivity contribution in [3.63, 3.8) is 0 Å². The van der Waals surface area contributed by atoms with Crippen LogP contribution in [0, 0.1) is 0 Å². The van der Waals surface area contributed by atoms with Gasteiger partial charge in [0, 0.05) is 7.11 Å². The molecule has 0 aromatic heterocycles. The molecule has 1 rings (SSSR count). The van der Waals surface area contributed by atoms with E-state index in [-0.39, 0.29) is 12.4 Å². The Labute approximate surface area is 92.4 Å². The van der Waals surface area contributed by atoms with Crippen molar-refractivity contribution in [1.82, 2.24) is 0 Å². The Morgan fingerprint density at radius 1 is 1.25 bits per heavy atom. The van der Waals surface area contributed by atoms with Gasteiger partial charge < -0.3 is 22.4 Å². The number of hydrogen-bond donors (Lipinski definition) is 0. The maximum absolute atomic E-state index is 12.6. The molecule has 0 fully saturated rings. The van der Waals surface area contributed by atoms with Crippen LogP contribution in [0.4, 0.5) is 12.9 Å². The average molecular weight is 233 g/mol. The number of benzene rings is 1. The highest BCUT2D eigenvalue weighted by molar-refractivity contribution is 6.74. The molecule has 0 saturated carbocycles. The summed E-state index contributed by atoms with van der Waals surface area (Å²) in [6, 6.07) is 5.20. The Bertz CT molecular complexity index is 341. The van der Waals surface area contributed by atoms with E-state index in [4.69, 9.17) is 9.47 Å². The molecule has 0 saturated heterocycles. The van der Waals surface area contributed by atoms with Crippen LogP contribution in [0.3, 0.4) is 0 Å². The predicted octanol–water partition coefficient (Wildman–Crippen LogP) is 2.15. The lowest BCUT2D eigenvalue weighted by molar-refractivity contribution is 0.0925. The monoisotopic (exact) mass is 233 g/mol. The van der Waals surface area contributed by atoms with Gasteiger partial charge in [-0.25, -0.2) is 0 Å². The second-order valence-electron chi connectivity index (χ2n) is 3.50. The summed E-state index contributed by atoms with van der Waals surface area (Å²) in [5.74, 6) is -0.139. The second kappa shape index (κ2) is 5.25. The van der Waals surface area contributed by atoms with E-state index in [2.05, 4.69) is 0 Å². The summed E-state index contributed by atoms with van der Waals surface area (Å²) in [5.41, 5.74) is -0.703. The highest BCUT2D eigenvalue weighted by Crippen LogP contribution is 2.18. The number of ether oxygens (including phenoxy) is 2. The molecule has 0 aliphatic rings. The molecule has 1 aromatic carbocycles. The lowest BCUT2D eigenvalue weighted by Crippen LogP contribution is -2.36. The van der Waals surface area contributed by atoms with Gasteiger partial charge in [0.05, 0.1) is 12.4 Å². The van der Waals surface area contributed by atoms with E-state index in [9.17, 15) is 12.9 Å². The molecule has 16 heavy (non-hydrogen) atoms. The van der Waals surface area contributed by atoms with E-state index >= 15 is 0 Å². The average Bonchev–Trinajstić information content (AvgIpc) is 2.17. The highest BCUT2D eigenvalue weighted by atomic mass is 19.4. The van der Waals surface area contributed by atoms with Gasteiger partial charge in [0.25, 0.3) is 0 Å². The van der Waals surface area contributed by atoms with E-state index in [1.165, 1.54) is 25.3 Å². The van der Waals surface area contributed by atoms with Crippen LogP contribution in [-0.4, -0.2) is 26.8 Å². The lowest BCUT2D eigenvalue weighted by atomic mass is 9.79. The Hall–Kier alpha value is -1.17. The number of halogens is 3. The van der Waals surface area contributed by atoms with Crippen LogP contribution in [-0.2, 0) is 4.74 Å². The third-order valence-corrected chi connectivity index (χ3v) is 2.00. The van der Waals surface area contributed by atoms with Gasteiger partial charge >= 0.3 is 6.98 Å². The zero-order chi connectivity index (χ0) is 12.2. The van der Waals surface area contributed by atoms with E-state index in [0.29, 0.717) is 0 Å². The van der Waals surface area contributed by atoms with Crippen molar-refractivity contribution in [2.75, 3.05) is 13.7 Å². The van der Waals surface area contributed by atoms with Gasteiger partial charge in [0.15, 0.2) is 0 Å². The van der Waals surface area contributed by atoms with Gasteiger partial charge in [-0.3, -0.25) is 0 Å². The second-order valence-corrected chi connectivity index (χ2v) is 3.50. The molecular formula is C10H13BF3O2-. The zero-order valence-corrected chi connectivity index (χ0v) is 9.12. The Morgan fingerprint density at radius 3 is 2.44 bits per heavy atom. The molecule has 0 spiro atoms. The molecule has 1 aromatic rings. The van der Waals surface area contributed by atoms with Crippen LogP contribution in [0.15, 0.2) is 24.3 Å². The third-order valence-electron chi connectivity index (χ3n) is 2.00. The first kappa shape index (κ1) is 12.9. The molecule has 0 aliphatic heterocycles. The summed E-state index contributed by atoms with van der Waals surface area (Å²) in [5, 5.41) is 0. The van der Waals surface area contributed by atoms with Crippen LogP contribution >= 0.6 is 0 Å². The zero-order valence-electron chi connectivity index (χ0n) is 9.12. The third kappa shape index (κ3) is 3.45. The Morgan fingerprint density at radius 2 is 1.88 bits per heavy atom. The molecule has 1 atom stereocenters. The lowest BCUT2D eigenvalue weighted by Gasteiger charge is -2.22. The van der Waals surface area contributed by atoms with Crippen molar-refractivity contribution in [2.45, 2.75) is 13.0 Å². The minimum Gasteiger partial charge on any atom is -0.491 e. The summed E-state index contributed by atoms with van der Waals surface area (Å²) in [4.78, 5) is 0. The van der Waals surface area contributed by atoms with Crippen molar-refractivity contribution in [3.8, 4) is 5.75 Å². The largest absolute Gasteiger partial charge is 0.513 e. The summed E-state index contributed by atoms with van der Waals surface area (Å²) < 4.78 is 47.9. The van der Waals surface area contributed by atoms with Crippen LogP contribution in [0.5, 0.6) is 5.75 Å². The minimum absolute atomic E-state index is 0.139. The molecule has 0 heterocycles. The van der Waals surface area contributed by atoms with Crippen molar-refractivity contribution < 1.29 is 22.4 Å². The smallest absolute Gasteiger partial charge is 0.491 e. The first-order chi connectivity index (χ1) is 7.45. The van der Waals surface area contributed by atoms with Gasteiger partial charge in [0.1, 0.15) is 6.10 Å². The number of methoxy groups -OCH3 is 1. The van der Waals surface area contributed by atoms with Crippen LogP contribution in [0.25, 0.3) is 0 Å². The summed E-state index contributed by atoms with van der Waals surface area (Å²) in [6.07, 6.45) is -0.413. The molecule has 1 unspecified atom stereocenters. The molecule has 90 valence electrons. The first-order valence-corrected chi connectivity index (χ1v) is 4.89. The topological polar surface area (TPSA) is 18.5 Å². The standard InChI is InChI=1S/C10H13BF3O2/c1-8(7-15-2)16-10-6-4-3-5-9(10)11(12,13)14/h3-6,8H,7H2,1-2H3/q-1. The molecule has 6 heteroatoms. The molecule has 0 bridgehead atoms. The molecule has 0 N–H and O–H groups in total. The maximum Gasteiger partial charge on any atom is 0.513 e. The number of hydrogen-bond acceptors (Lipinski definition) is 2. The summed E-state index contributed by atoms with van der Waals surface area (Å²) in [7, 11) is 1.47. The fourth-order valence-corrected chi connectivity index (χ4v) is 1.34. The maximum atomic E-state index is 12.6. The molecule has 0 radical (unpaired) electrons. The van der Waals surface area contributed by atoms with Crippen LogP contribution < -0.4 is 10.2 Å². The fraction of sp³-hybridized carbons (Fsp3) is 0.400. The SMILES string of the molecule is COCC(C)Oc1ccccc1[B-](F)(F)F. The van der Waals surface area contributed by atoms with Gasteiger partial charge in [-0.1, -0.05) is 23.7 Å². The van der Waals surface area contributed by atoms with Crippen molar-refractivity contribution in [2.24, 2.45) is 0 Å². The van der Waals surface area contributed by atoms with Gasteiger partial charge in [-0.2, -0.15) is 0 Å². The number of rotatable bonds is 5. The van der Waals surface area contributed by atoms with Gasteiger partial charge in [0.2, 0.25) is 0 Å². The van der Waals surface area contributed by atoms with Crippen LogP contribution in [0.1, 0.15) is 6.92 Å². The molecule has 0 aliphatic carbocycles. The molecule has 0 amide bonds. The van der Waals surface area contributed by atoms with Crippen molar-refractivity contribution in [3.05, 3.63) is 24.3 Å². The van der Waals surface area contributed by atoms with E-state index in [0.717, 1.165) is 6.07 Å². The van der Waals surface area contributed by atoms with E-state index in [1.54, 1.807) is 6.92 Å². The minimum atomic E-state index is -5.04. The van der Waals surface area contributed by atoms with E-state index in [1.807, 2.05) is 0 Å².